The zero-order valence-electron chi connectivity index (χ0n) is 23.4. The number of rotatable bonds is 9. The van der Waals surface area contributed by atoms with Crippen molar-refractivity contribution in [2.45, 2.75) is 72.1 Å². The molecule has 0 aliphatic carbocycles. The van der Waals surface area contributed by atoms with Gasteiger partial charge in [0.15, 0.2) is 11.5 Å². The van der Waals surface area contributed by atoms with E-state index in [1.807, 2.05) is 44.2 Å². The number of piperidine rings is 1. The predicted octanol–water partition coefficient (Wildman–Crippen LogP) is 5.36. The summed E-state index contributed by atoms with van der Waals surface area (Å²) >= 11 is 0. The number of carbonyl (C=O) groups excluding carboxylic acids is 1. The van der Waals surface area contributed by atoms with Crippen LogP contribution >= 0.6 is 0 Å². The third-order valence-electron chi connectivity index (χ3n) is 6.85. The first kappa shape index (κ1) is 27.6. The van der Waals surface area contributed by atoms with Gasteiger partial charge in [-0.15, -0.1) is 0 Å². The smallest absolute Gasteiger partial charge is 0.241 e. The first-order valence-electron chi connectivity index (χ1n) is 13.4. The van der Waals surface area contributed by atoms with Gasteiger partial charge in [0.1, 0.15) is 0 Å². The topological polar surface area (TPSA) is 89.7 Å². The molecule has 2 heterocycles. The molecule has 4 rings (SSSR count). The summed E-state index contributed by atoms with van der Waals surface area (Å²) in [5, 5.41) is 7.26. The number of likely N-dealkylation sites (tertiary alicyclic amines) is 1. The minimum atomic E-state index is -0.00345. The molecule has 8 heteroatoms. The molecule has 2 aromatic carbocycles. The van der Waals surface area contributed by atoms with Gasteiger partial charge < -0.3 is 19.3 Å². The van der Waals surface area contributed by atoms with Crippen molar-refractivity contribution in [3.05, 3.63) is 59.5 Å². The molecule has 0 unspecified atom stereocenters. The number of hydrogen-bond acceptors (Lipinski definition) is 7. The van der Waals surface area contributed by atoms with Gasteiger partial charge in [0.05, 0.1) is 19.8 Å². The van der Waals surface area contributed by atoms with Gasteiger partial charge in [-0.05, 0) is 68.5 Å². The lowest BCUT2D eigenvalue weighted by Gasteiger charge is -2.30. The van der Waals surface area contributed by atoms with E-state index in [0.717, 1.165) is 37.1 Å². The molecule has 3 aromatic rings. The molecule has 1 aromatic heterocycles. The lowest BCUT2D eigenvalue weighted by Crippen LogP contribution is -2.40. The van der Waals surface area contributed by atoms with Crippen LogP contribution in [0.15, 0.2) is 47.0 Å². The summed E-state index contributed by atoms with van der Waals surface area (Å²) in [5.41, 5.74) is 3.30. The highest BCUT2D eigenvalue weighted by Crippen LogP contribution is 2.29. The van der Waals surface area contributed by atoms with E-state index in [0.29, 0.717) is 36.3 Å². The van der Waals surface area contributed by atoms with Crippen LogP contribution in [0, 0.1) is 5.92 Å². The van der Waals surface area contributed by atoms with Crippen LogP contribution in [0.2, 0.25) is 0 Å². The van der Waals surface area contributed by atoms with Crippen LogP contribution in [0.4, 0.5) is 0 Å². The number of amides is 1. The standard InChI is InChI=1S/C30H40N4O4/c1-20(2)37-25-12-7-21(17-26(25)36-6)18-31-29(35)23-13-15-34(16-14-23)19-27-32-28(33-38-27)22-8-10-24(11-9-22)30(3,4)5/h7-12,17,20,23H,13-16,18-19H2,1-6H3,(H,31,35). The first-order valence-corrected chi connectivity index (χ1v) is 13.4. The lowest BCUT2D eigenvalue weighted by molar-refractivity contribution is -0.126. The number of nitrogens with zero attached hydrogens (tertiary/aromatic N) is 3. The molecule has 1 N–H and O–H groups in total. The number of carbonyl (C=O) groups is 1. The number of methoxy groups -OCH3 is 1. The third kappa shape index (κ3) is 7.13. The zero-order chi connectivity index (χ0) is 27.3. The molecule has 38 heavy (non-hydrogen) atoms. The minimum absolute atomic E-state index is 0.00345. The van der Waals surface area contributed by atoms with Gasteiger partial charge in [-0.3, -0.25) is 9.69 Å². The van der Waals surface area contributed by atoms with Crippen LogP contribution in [0.1, 0.15) is 64.5 Å². The Morgan fingerprint density at radius 3 is 2.45 bits per heavy atom. The number of aromatic nitrogens is 2. The van der Waals surface area contributed by atoms with Gasteiger partial charge in [0, 0.05) is 18.0 Å². The van der Waals surface area contributed by atoms with E-state index in [9.17, 15) is 4.79 Å². The number of nitrogens with one attached hydrogen (secondary N) is 1. The van der Waals surface area contributed by atoms with Crippen molar-refractivity contribution in [3.8, 4) is 22.9 Å². The summed E-state index contributed by atoms with van der Waals surface area (Å²) in [4.78, 5) is 19.7. The molecule has 0 atom stereocenters. The summed E-state index contributed by atoms with van der Waals surface area (Å²) in [6.07, 6.45) is 1.66. The van der Waals surface area contributed by atoms with E-state index in [4.69, 9.17) is 14.0 Å². The van der Waals surface area contributed by atoms with Crippen LogP contribution in [0.3, 0.4) is 0 Å². The van der Waals surface area contributed by atoms with Gasteiger partial charge in [-0.25, -0.2) is 0 Å². The Morgan fingerprint density at radius 2 is 1.82 bits per heavy atom. The average molecular weight is 521 g/mol. The van der Waals surface area contributed by atoms with Crippen molar-refractivity contribution in [2.75, 3.05) is 20.2 Å². The Balaban J connectivity index is 1.24. The maximum Gasteiger partial charge on any atom is 0.241 e. The molecule has 0 radical (unpaired) electrons. The Labute approximate surface area is 225 Å². The molecule has 0 saturated carbocycles. The summed E-state index contributed by atoms with van der Waals surface area (Å²) in [5.74, 6) is 2.67. The molecule has 204 valence electrons. The zero-order valence-corrected chi connectivity index (χ0v) is 23.4. The molecule has 0 spiro atoms. The first-order chi connectivity index (χ1) is 18.1. The van der Waals surface area contributed by atoms with Crippen LogP contribution < -0.4 is 14.8 Å². The number of ether oxygens (including phenoxy) is 2. The SMILES string of the molecule is COc1cc(CNC(=O)C2CCN(Cc3nc(-c4ccc(C(C)(C)C)cc4)no3)CC2)ccc1OC(C)C. The van der Waals surface area contributed by atoms with E-state index in [1.54, 1.807) is 7.11 Å². The molecular formula is C30H40N4O4. The highest BCUT2D eigenvalue weighted by molar-refractivity contribution is 5.78. The molecule has 1 saturated heterocycles. The van der Waals surface area contributed by atoms with Crippen LogP contribution in [-0.4, -0.2) is 47.3 Å². The minimum Gasteiger partial charge on any atom is -0.493 e. The quantitative estimate of drug-likeness (QED) is 0.406. The molecule has 1 amide bonds. The lowest BCUT2D eigenvalue weighted by atomic mass is 9.87. The molecular weight excluding hydrogens is 480 g/mol. The highest BCUT2D eigenvalue weighted by Gasteiger charge is 2.26. The van der Waals surface area contributed by atoms with E-state index in [-0.39, 0.29) is 23.3 Å². The van der Waals surface area contributed by atoms with E-state index >= 15 is 0 Å². The Kier molecular flexibility index (Phi) is 8.72. The van der Waals surface area contributed by atoms with E-state index < -0.39 is 0 Å². The summed E-state index contributed by atoms with van der Waals surface area (Å²) < 4.78 is 16.8. The number of benzene rings is 2. The number of hydrogen-bond donors (Lipinski definition) is 1. The van der Waals surface area contributed by atoms with Crippen LogP contribution in [-0.2, 0) is 23.3 Å². The molecule has 1 aliphatic rings. The van der Waals surface area contributed by atoms with Gasteiger partial charge in [0.25, 0.3) is 0 Å². The predicted molar refractivity (Wildman–Crippen MR) is 147 cm³/mol. The Morgan fingerprint density at radius 1 is 1.11 bits per heavy atom. The van der Waals surface area contributed by atoms with E-state index in [2.05, 4.69) is 53.3 Å². The monoisotopic (exact) mass is 520 g/mol. The summed E-state index contributed by atoms with van der Waals surface area (Å²) in [7, 11) is 1.62. The van der Waals surface area contributed by atoms with Gasteiger partial charge >= 0.3 is 0 Å². The fraction of sp³-hybridized carbons (Fsp3) is 0.500. The van der Waals surface area contributed by atoms with Gasteiger partial charge in [-0.1, -0.05) is 56.3 Å². The fourth-order valence-electron chi connectivity index (χ4n) is 4.61. The second-order valence-electron chi connectivity index (χ2n) is 11.3. The largest absolute Gasteiger partial charge is 0.493 e. The van der Waals surface area contributed by atoms with Gasteiger partial charge in [0.2, 0.25) is 17.6 Å². The third-order valence-corrected chi connectivity index (χ3v) is 6.85. The maximum atomic E-state index is 12.8. The fourth-order valence-corrected chi connectivity index (χ4v) is 4.61. The van der Waals surface area contributed by atoms with Crippen LogP contribution in [0.25, 0.3) is 11.4 Å². The Bertz CT molecular complexity index is 1210. The van der Waals surface area contributed by atoms with Crippen molar-refractivity contribution < 1.29 is 18.8 Å². The van der Waals surface area contributed by atoms with Crippen molar-refractivity contribution in [3.63, 3.8) is 0 Å². The van der Waals surface area contributed by atoms with Crippen molar-refractivity contribution in [1.29, 1.82) is 0 Å². The molecule has 0 bridgehead atoms. The van der Waals surface area contributed by atoms with Crippen molar-refractivity contribution in [1.82, 2.24) is 20.4 Å². The normalized spacial score (nSPS) is 15.0. The van der Waals surface area contributed by atoms with Crippen molar-refractivity contribution in [2.24, 2.45) is 5.92 Å². The summed E-state index contributed by atoms with van der Waals surface area (Å²) in [6, 6.07) is 14.1. The molecule has 8 nitrogen and oxygen atoms in total. The molecule has 1 fully saturated rings. The second-order valence-corrected chi connectivity index (χ2v) is 11.3. The molecule has 1 aliphatic heterocycles. The second kappa shape index (κ2) is 12.0. The van der Waals surface area contributed by atoms with Gasteiger partial charge in [-0.2, -0.15) is 4.98 Å². The maximum absolute atomic E-state index is 12.8. The van der Waals surface area contributed by atoms with Crippen LogP contribution in [0.5, 0.6) is 11.5 Å². The van der Waals surface area contributed by atoms with E-state index in [1.165, 1.54) is 5.56 Å². The Hall–Kier alpha value is -3.39. The average Bonchev–Trinajstić information content (AvgIpc) is 3.36. The van der Waals surface area contributed by atoms with Crippen molar-refractivity contribution >= 4 is 5.91 Å². The summed E-state index contributed by atoms with van der Waals surface area (Å²) in [6.45, 7) is 13.2. The highest BCUT2D eigenvalue weighted by atomic mass is 16.5.